The van der Waals surface area contributed by atoms with Crippen LogP contribution in [0.25, 0.3) is 0 Å². The summed E-state index contributed by atoms with van der Waals surface area (Å²) in [5, 5.41) is 0. The van der Waals surface area contributed by atoms with Crippen molar-refractivity contribution in [2.75, 3.05) is 14.2 Å². The first kappa shape index (κ1) is 12.4. The van der Waals surface area contributed by atoms with Gasteiger partial charge in [-0.1, -0.05) is 6.92 Å². The fraction of sp³-hybridized carbons (Fsp3) is 0.462. The molecule has 3 nitrogen and oxygen atoms in total. The van der Waals surface area contributed by atoms with Crippen molar-refractivity contribution in [1.29, 1.82) is 0 Å². The first-order valence-electron chi connectivity index (χ1n) is 5.54. The maximum absolute atomic E-state index is 12.2. The normalized spacial score (nSPS) is 22.1. The summed E-state index contributed by atoms with van der Waals surface area (Å²) in [6.45, 7) is 2.09. The average Bonchev–Trinajstić information content (AvgIpc) is 3.05. The molecule has 0 N–H and O–H groups in total. The minimum atomic E-state index is 0.171. The number of hydrogen-bond donors (Lipinski definition) is 0. The van der Waals surface area contributed by atoms with Crippen LogP contribution in [0, 0.1) is 11.8 Å². The zero-order valence-corrected chi connectivity index (χ0v) is 11.7. The van der Waals surface area contributed by atoms with E-state index in [1.807, 2.05) is 0 Å². The van der Waals surface area contributed by atoms with E-state index in [9.17, 15) is 4.79 Å². The van der Waals surface area contributed by atoms with Crippen molar-refractivity contribution in [3.63, 3.8) is 0 Å². The summed E-state index contributed by atoms with van der Waals surface area (Å²) in [6.07, 6.45) is 0.986. The molecule has 2 unspecified atom stereocenters. The van der Waals surface area contributed by atoms with Gasteiger partial charge in [0.1, 0.15) is 0 Å². The topological polar surface area (TPSA) is 35.5 Å². The largest absolute Gasteiger partial charge is 0.493 e. The molecule has 92 valence electrons. The fourth-order valence-electron chi connectivity index (χ4n) is 1.93. The molecule has 4 heteroatoms. The van der Waals surface area contributed by atoms with Crippen molar-refractivity contribution in [2.24, 2.45) is 11.8 Å². The third-order valence-electron chi connectivity index (χ3n) is 3.18. The van der Waals surface area contributed by atoms with Crippen LogP contribution in [0.3, 0.4) is 0 Å². The fourth-order valence-corrected chi connectivity index (χ4v) is 2.45. The number of ketones is 1. The standard InChI is InChI=1S/C13H15BrO3/c1-7-4-8(7)13(15)9-5-11(16-2)12(17-3)6-10(9)14/h5-8H,4H2,1-3H3. The van der Waals surface area contributed by atoms with Crippen LogP contribution < -0.4 is 9.47 Å². The molecule has 0 saturated heterocycles. The van der Waals surface area contributed by atoms with Crippen LogP contribution in [-0.2, 0) is 0 Å². The quantitative estimate of drug-likeness (QED) is 0.800. The van der Waals surface area contributed by atoms with Gasteiger partial charge in [0, 0.05) is 16.0 Å². The smallest absolute Gasteiger partial charge is 0.167 e. The van der Waals surface area contributed by atoms with E-state index < -0.39 is 0 Å². The number of carbonyl (C=O) groups is 1. The van der Waals surface area contributed by atoms with E-state index in [1.54, 1.807) is 26.4 Å². The summed E-state index contributed by atoms with van der Waals surface area (Å²) in [4.78, 5) is 12.2. The van der Waals surface area contributed by atoms with Gasteiger partial charge in [0.15, 0.2) is 17.3 Å². The summed E-state index contributed by atoms with van der Waals surface area (Å²) in [6, 6.07) is 3.52. The minimum absolute atomic E-state index is 0.171. The molecule has 1 saturated carbocycles. The predicted molar refractivity (Wildman–Crippen MR) is 68.8 cm³/mol. The van der Waals surface area contributed by atoms with Crippen molar-refractivity contribution in [2.45, 2.75) is 13.3 Å². The maximum Gasteiger partial charge on any atom is 0.167 e. The molecule has 1 aliphatic rings. The molecule has 1 fully saturated rings. The van der Waals surface area contributed by atoms with Crippen molar-refractivity contribution in [3.8, 4) is 11.5 Å². The molecule has 2 atom stereocenters. The van der Waals surface area contributed by atoms with E-state index >= 15 is 0 Å². The Hall–Kier alpha value is -1.03. The summed E-state index contributed by atoms with van der Waals surface area (Å²) in [5.41, 5.74) is 0.678. The lowest BCUT2D eigenvalue weighted by atomic mass is 10.1. The van der Waals surface area contributed by atoms with Gasteiger partial charge in [0.25, 0.3) is 0 Å². The first-order chi connectivity index (χ1) is 8.08. The average molecular weight is 299 g/mol. The Bertz CT molecular complexity index is 456. The molecule has 1 aliphatic carbocycles. The van der Waals surface area contributed by atoms with Gasteiger partial charge in [0.2, 0.25) is 0 Å². The molecular formula is C13H15BrO3. The van der Waals surface area contributed by atoms with Gasteiger partial charge in [-0.05, 0) is 40.4 Å². The van der Waals surface area contributed by atoms with Crippen LogP contribution in [0.2, 0.25) is 0 Å². The molecular weight excluding hydrogens is 284 g/mol. The Labute approximate surface area is 109 Å². The van der Waals surface area contributed by atoms with Gasteiger partial charge >= 0.3 is 0 Å². The molecule has 0 bridgehead atoms. The molecule has 0 amide bonds. The number of hydrogen-bond acceptors (Lipinski definition) is 3. The van der Waals surface area contributed by atoms with Gasteiger partial charge in [0.05, 0.1) is 14.2 Å². The molecule has 17 heavy (non-hydrogen) atoms. The lowest BCUT2D eigenvalue weighted by Gasteiger charge is -2.11. The van der Waals surface area contributed by atoms with Gasteiger partial charge in [-0.25, -0.2) is 0 Å². The number of methoxy groups -OCH3 is 2. The highest BCUT2D eigenvalue weighted by atomic mass is 79.9. The lowest BCUT2D eigenvalue weighted by molar-refractivity contribution is 0.0961. The van der Waals surface area contributed by atoms with Crippen LogP contribution in [0.4, 0.5) is 0 Å². The van der Waals surface area contributed by atoms with Crippen LogP contribution >= 0.6 is 15.9 Å². The van der Waals surface area contributed by atoms with Gasteiger partial charge in [-0.2, -0.15) is 0 Å². The molecule has 0 heterocycles. The predicted octanol–water partition coefficient (Wildman–Crippen LogP) is 3.31. The van der Waals surface area contributed by atoms with Crippen LogP contribution in [0.15, 0.2) is 16.6 Å². The van der Waals surface area contributed by atoms with Crippen molar-refractivity contribution >= 4 is 21.7 Å². The summed E-state index contributed by atoms with van der Waals surface area (Å²) >= 11 is 3.41. The molecule has 0 aromatic heterocycles. The molecule has 0 aliphatic heterocycles. The second-order valence-electron chi connectivity index (χ2n) is 4.37. The lowest BCUT2D eigenvalue weighted by Crippen LogP contribution is -2.05. The number of halogens is 1. The Balaban J connectivity index is 2.37. The van der Waals surface area contributed by atoms with Crippen molar-refractivity contribution < 1.29 is 14.3 Å². The Morgan fingerprint density at radius 2 is 1.82 bits per heavy atom. The van der Waals surface area contributed by atoms with Crippen molar-refractivity contribution in [1.82, 2.24) is 0 Å². The van der Waals surface area contributed by atoms with E-state index in [0.717, 1.165) is 10.9 Å². The number of rotatable bonds is 4. The SMILES string of the molecule is COc1cc(Br)c(C(=O)C2CC2C)cc1OC. The number of benzene rings is 1. The first-order valence-corrected chi connectivity index (χ1v) is 6.33. The highest BCUT2D eigenvalue weighted by Gasteiger charge is 2.40. The van der Waals surface area contributed by atoms with E-state index in [0.29, 0.717) is 23.0 Å². The van der Waals surface area contributed by atoms with Gasteiger partial charge in [-0.3, -0.25) is 4.79 Å². The number of ether oxygens (including phenoxy) is 2. The zero-order valence-electron chi connectivity index (χ0n) is 10.1. The second-order valence-corrected chi connectivity index (χ2v) is 5.23. The molecule has 1 aromatic rings. The molecule has 1 aromatic carbocycles. The summed E-state index contributed by atoms with van der Waals surface area (Å²) in [7, 11) is 3.15. The molecule has 0 radical (unpaired) electrons. The van der Waals surface area contributed by atoms with Crippen molar-refractivity contribution in [3.05, 3.63) is 22.2 Å². The maximum atomic E-state index is 12.2. The van der Waals surface area contributed by atoms with Crippen LogP contribution in [-0.4, -0.2) is 20.0 Å². The zero-order chi connectivity index (χ0) is 12.6. The summed E-state index contributed by atoms with van der Waals surface area (Å²) in [5.74, 6) is 2.07. The van der Waals surface area contributed by atoms with Gasteiger partial charge in [-0.15, -0.1) is 0 Å². The highest BCUT2D eigenvalue weighted by molar-refractivity contribution is 9.10. The second kappa shape index (κ2) is 4.69. The number of Topliss-reactive ketones (excluding diaryl/α,β-unsaturated/α-hetero) is 1. The third-order valence-corrected chi connectivity index (χ3v) is 3.84. The van der Waals surface area contributed by atoms with Gasteiger partial charge < -0.3 is 9.47 Å². The highest BCUT2D eigenvalue weighted by Crippen LogP contribution is 2.43. The number of carbonyl (C=O) groups excluding carboxylic acids is 1. The van der Waals surface area contributed by atoms with E-state index in [4.69, 9.17) is 9.47 Å². The van der Waals surface area contributed by atoms with E-state index in [2.05, 4.69) is 22.9 Å². The third kappa shape index (κ3) is 2.32. The monoisotopic (exact) mass is 298 g/mol. The molecule has 0 spiro atoms. The van der Waals surface area contributed by atoms with Crippen LogP contribution in [0.1, 0.15) is 23.7 Å². The van der Waals surface area contributed by atoms with E-state index in [-0.39, 0.29) is 11.7 Å². The van der Waals surface area contributed by atoms with E-state index in [1.165, 1.54) is 0 Å². The minimum Gasteiger partial charge on any atom is -0.493 e. The van der Waals surface area contributed by atoms with Crippen LogP contribution in [0.5, 0.6) is 11.5 Å². The Morgan fingerprint density at radius 1 is 1.29 bits per heavy atom. The molecule has 2 rings (SSSR count). The Kier molecular flexibility index (Phi) is 3.43. The summed E-state index contributed by atoms with van der Waals surface area (Å²) < 4.78 is 11.2. The Morgan fingerprint density at radius 3 is 2.29 bits per heavy atom.